The molecule has 1 fully saturated rings. The van der Waals surface area contributed by atoms with Gasteiger partial charge in [-0.15, -0.1) is 0 Å². The van der Waals surface area contributed by atoms with Gasteiger partial charge in [0, 0.05) is 11.9 Å². The lowest BCUT2D eigenvalue weighted by molar-refractivity contribution is 0.651. The minimum Gasteiger partial charge on any atom is -0.262 e. The first-order chi connectivity index (χ1) is 7.93. The normalized spacial score (nSPS) is 29.5. The van der Waals surface area contributed by atoms with Gasteiger partial charge < -0.3 is 0 Å². The molecule has 2 atom stereocenters. The van der Waals surface area contributed by atoms with Crippen LogP contribution >= 0.6 is 0 Å². The maximum absolute atomic E-state index is 4.56. The van der Waals surface area contributed by atoms with Crippen LogP contribution in [0.1, 0.15) is 39.8 Å². The van der Waals surface area contributed by atoms with Crippen LogP contribution in [0.3, 0.4) is 0 Å². The summed E-state index contributed by atoms with van der Waals surface area (Å²) >= 11 is 0. The van der Waals surface area contributed by atoms with Crippen LogP contribution in [0.25, 0.3) is 0 Å². The Morgan fingerprint density at radius 2 is 2.12 bits per heavy atom. The highest BCUT2D eigenvalue weighted by atomic mass is 28.3. The molecule has 94 valence electrons. The molecule has 1 saturated heterocycles. The van der Waals surface area contributed by atoms with Gasteiger partial charge in [0.1, 0.15) is 0 Å². The number of hydrogen-bond donors (Lipinski definition) is 0. The van der Waals surface area contributed by atoms with E-state index in [-0.39, 0.29) is 0 Å². The number of pyridine rings is 1. The summed E-state index contributed by atoms with van der Waals surface area (Å²) in [7, 11) is -1.20. The largest absolute Gasteiger partial charge is 0.262 e. The van der Waals surface area contributed by atoms with Gasteiger partial charge in [-0.3, -0.25) is 4.98 Å². The molecule has 0 aromatic carbocycles. The molecule has 1 aliphatic rings. The average molecular weight is 247 g/mol. The molecule has 2 heteroatoms. The Morgan fingerprint density at radius 1 is 1.35 bits per heavy atom. The predicted octanol–water partition coefficient (Wildman–Crippen LogP) is 4.45. The highest BCUT2D eigenvalue weighted by Gasteiger charge is 2.48. The summed E-state index contributed by atoms with van der Waals surface area (Å²) < 4.78 is 0. The van der Waals surface area contributed by atoms with Crippen LogP contribution in [-0.4, -0.2) is 13.1 Å². The van der Waals surface area contributed by atoms with Crippen molar-refractivity contribution in [1.82, 2.24) is 4.98 Å². The Hall–Kier alpha value is -0.633. The molecule has 0 spiro atoms. The van der Waals surface area contributed by atoms with Crippen molar-refractivity contribution >= 4 is 8.07 Å². The molecule has 0 aliphatic carbocycles. The van der Waals surface area contributed by atoms with Crippen LogP contribution in [0.4, 0.5) is 0 Å². The number of hydrogen-bond acceptors (Lipinski definition) is 1. The standard InChI is InChI=1S/C15H25NSi/c1-13-8-10-17(11-13,15(2,3)4)12-14-7-5-6-9-16-14/h5-7,9,13H,8,10-12H2,1-4H3. The quantitative estimate of drug-likeness (QED) is 0.704. The summed E-state index contributed by atoms with van der Waals surface area (Å²) in [5.41, 5.74) is 1.32. The minimum atomic E-state index is -1.20. The van der Waals surface area contributed by atoms with Crippen molar-refractivity contribution in [2.75, 3.05) is 0 Å². The fourth-order valence-corrected chi connectivity index (χ4v) is 9.25. The van der Waals surface area contributed by atoms with E-state index in [0.29, 0.717) is 5.04 Å². The number of aromatic nitrogens is 1. The summed E-state index contributed by atoms with van der Waals surface area (Å²) in [5, 5.41) is 0.509. The van der Waals surface area contributed by atoms with Crippen LogP contribution in [0, 0.1) is 5.92 Å². The highest BCUT2D eigenvalue weighted by molar-refractivity contribution is 6.82. The zero-order chi connectivity index (χ0) is 12.5. The lowest BCUT2D eigenvalue weighted by Gasteiger charge is -2.40. The second kappa shape index (κ2) is 4.56. The van der Waals surface area contributed by atoms with Gasteiger partial charge >= 0.3 is 0 Å². The van der Waals surface area contributed by atoms with Crippen LogP contribution in [0.15, 0.2) is 24.4 Å². The van der Waals surface area contributed by atoms with Gasteiger partial charge in [0.25, 0.3) is 0 Å². The van der Waals surface area contributed by atoms with Crippen molar-refractivity contribution in [1.29, 1.82) is 0 Å². The van der Waals surface area contributed by atoms with Crippen LogP contribution in [0.2, 0.25) is 17.1 Å². The molecule has 0 radical (unpaired) electrons. The van der Waals surface area contributed by atoms with E-state index in [9.17, 15) is 0 Å². The maximum Gasteiger partial charge on any atom is 0.0653 e. The van der Waals surface area contributed by atoms with E-state index in [1.54, 1.807) is 0 Å². The molecule has 17 heavy (non-hydrogen) atoms. The molecule has 0 amide bonds. The molecule has 2 unspecified atom stereocenters. The van der Waals surface area contributed by atoms with E-state index in [1.165, 1.54) is 30.2 Å². The van der Waals surface area contributed by atoms with Gasteiger partial charge in [-0.1, -0.05) is 52.3 Å². The van der Waals surface area contributed by atoms with Gasteiger partial charge in [0.15, 0.2) is 0 Å². The van der Waals surface area contributed by atoms with E-state index < -0.39 is 8.07 Å². The topological polar surface area (TPSA) is 12.9 Å². The molecular weight excluding hydrogens is 222 g/mol. The Balaban J connectivity index is 2.24. The first-order valence-electron chi connectivity index (χ1n) is 6.83. The van der Waals surface area contributed by atoms with Gasteiger partial charge in [-0.2, -0.15) is 0 Å². The van der Waals surface area contributed by atoms with Crippen LogP contribution in [0.5, 0.6) is 0 Å². The van der Waals surface area contributed by atoms with E-state index in [0.717, 1.165) is 5.92 Å². The van der Waals surface area contributed by atoms with E-state index >= 15 is 0 Å². The zero-order valence-corrected chi connectivity index (χ0v) is 12.7. The Labute approximate surface area is 107 Å². The van der Waals surface area contributed by atoms with E-state index in [4.69, 9.17) is 0 Å². The lowest BCUT2D eigenvalue weighted by Crippen LogP contribution is -2.44. The monoisotopic (exact) mass is 247 g/mol. The number of nitrogens with zero attached hydrogens (tertiary/aromatic N) is 1. The predicted molar refractivity (Wildman–Crippen MR) is 76.8 cm³/mol. The molecule has 2 rings (SSSR count). The third-order valence-corrected chi connectivity index (χ3v) is 11.6. The molecule has 0 saturated carbocycles. The Morgan fingerprint density at radius 3 is 2.59 bits per heavy atom. The summed E-state index contributed by atoms with van der Waals surface area (Å²) in [6.45, 7) is 9.81. The minimum absolute atomic E-state index is 0.509. The van der Waals surface area contributed by atoms with Gasteiger partial charge in [-0.05, 0) is 29.1 Å². The fraction of sp³-hybridized carbons (Fsp3) is 0.667. The Bertz CT molecular complexity index is 368. The van der Waals surface area contributed by atoms with E-state index in [2.05, 4.69) is 44.8 Å². The molecule has 0 bridgehead atoms. The highest BCUT2D eigenvalue weighted by Crippen LogP contribution is 2.50. The van der Waals surface area contributed by atoms with Crippen LogP contribution in [-0.2, 0) is 6.04 Å². The SMILES string of the molecule is CC1CC[Si](Cc2ccccn2)(C(C)(C)C)C1. The molecule has 1 aromatic rings. The third kappa shape index (κ3) is 2.62. The molecular formula is C15H25NSi. The summed E-state index contributed by atoms with van der Waals surface area (Å²) in [6.07, 6.45) is 3.38. The lowest BCUT2D eigenvalue weighted by atomic mass is 10.2. The Kier molecular flexibility index (Phi) is 3.44. The van der Waals surface area contributed by atoms with Crippen molar-refractivity contribution in [3.8, 4) is 0 Å². The van der Waals surface area contributed by atoms with Crippen molar-refractivity contribution in [3.05, 3.63) is 30.1 Å². The van der Waals surface area contributed by atoms with Gasteiger partial charge in [-0.25, -0.2) is 0 Å². The fourth-order valence-electron chi connectivity index (χ4n) is 3.35. The molecule has 1 aliphatic heterocycles. The summed E-state index contributed by atoms with van der Waals surface area (Å²) in [5.74, 6) is 0.935. The molecule has 2 heterocycles. The molecule has 0 N–H and O–H groups in total. The third-order valence-electron chi connectivity index (χ3n) is 4.69. The van der Waals surface area contributed by atoms with Crippen molar-refractivity contribution in [2.24, 2.45) is 5.92 Å². The summed E-state index contributed by atoms with van der Waals surface area (Å²) in [6, 6.07) is 10.6. The smallest absolute Gasteiger partial charge is 0.0653 e. The first kappa shape index (κ1) is 12.8. The maximum atomic E-state index is 4.56. The zero-order valence-electron chi connectivity index (χ0n) is 11.7. The molecule has 1 aromatic heterocycles. The average Bonchev–Trinajstić information content (AvgIpc) is 2.62. The van der Waals surface area contributed by atoms with Crippen molar-refractivity contribution < 1.29 is 0 Å². The second-order valence-electron chi connectivity index (χ2n) is 6.88. The van der Waals surface area contributed by atoms with Gasteiger partial charge in [0.05, 0.1) is 8.07 Å². The van der Waals surface area contributed by atoms with Crippen molar-refractivity contribution in [3.63, 3.8) is 0 Å². The summed E-state index contributed by atoms with van der Waals surface area (Å²) in [4.78, 5) is 4.56. The van der Waals surface area contributed by atoms with E-state index in [1.807, 2.05) is 12.3 Å². The second-order valence-corrected chi connectivity index (χ2v) is 12.2. The first-order valence-corrected chi connectivity index (χ1v) is 9.45. The van der Waals surface area contributed by atoms with Crippen molar-refractivity contribution in [2.45, 2.75) is 57.3 Å². The van der Waals surface area contributed by atoms with Gasteiger partial charge in [0.2, 0.25) is 0 Å². The number of rotatable bonds is 2. The van der Waals surface area contributed by atoms with Crippen LogP contribution < -0.4 is 0 Å². The molecule has 1 nitrogen and oxygen atoms in total.